The Balaban J connectivity index is 3.03. The second kappa shape index (κ2) is 4.80. The lowest BCUT2D eigenvalue weighted by molar-refractivity contribution is 0.736. The summed E-state index contributed by atoms with van der Waals surface area (Å²) in [5.41, 5.74) is 8.34. The normalized spacial score (nSPS) is 12.6. The summed E-state index contributed by atoms with van der Waals surface area (Å²) in [5.74, 6) is 0. The summed E-state index contributed by atoms with van der Waals surface area (Å²) in [6.07, 6.45) is 0.910. The van der Waals surface area contributed by atoms with Gasteiger partial charge in [0.25, 0.3) is 0 Å². The topological polar surface area (TPSA) is 29.3 Å². The zero-order valence-electron chi connectivity index (χ0n) is 8.92. The van der Waals surface area contributed by atoms with Crippen LogP contribution in [0.3, 0.4) is 0 Å². The molecule has 3 heteroatoms. The quantitative estimate of drug-likeness (QED) is 0.900. The van der Waals surface area contributed by atoms with Crippen molar-refractivity contribution in [1.29, 1.82) is 0 Å². The van der Waals surface area contributed by atoms with Gasteiger partial charge in [-0.05, 0) is 37.1 Å². The molecule has 0 aromatic heterocycles. The minimum Gasteiger partial charge on any atom is -0.377 e. The molecule has 0 heterocycles. The first-order chi connectivity index (χ1) is 6.50. The van der Waals surface area contributed by atoms with Crippen molar-refractivity contribution in [2.75, 3.05) is 19.0 Å². The fourth-order valence-corrected chi connectivity index (χ4v) is 1.91. The molecule has 0 saturated heterocycles. The highest BCUT2D eigenvalue weighted by molar-refractivity contribution is 9.10. The molecule has 1 atom stereocenters. The van der Waals surface area contributed by atoms with Crippen molar-refractivity contribution in [2.45, 2.75) is 19.4 Å². The molecule has 1 rings (SSSR count). The van der Waals surface area contributed by atoms with E-state index in [2.05, 4.69) is 39.0 Å². The summed E-state index contributed by atoms with van der Waals surface area (Å²) in [6, 6.07) is 6.50. The zero-order chi connectivity index (χ0) is 10.7. The van der Waals surface area contributed by atoms with Gasteiger partial charge in [-0.15, -0.1) is 0 Å². The third kappa shape index (κ3) is 3.00. The number of anilines is 1. The van der Waals surface area contributed by atoms with Crippen molar-refractivity contribution in [3.63, 3.8) is 0 Å². The van der Waals surface area contributed by atoms with Crippen LogP contribution >= 0.6 is 15.9 Å². The zero-order valence-corrected chi connectivity index (χ0v) is 10.5. The van der Waals surface area contributed by atoms with Gasteiger partial charge in [0, 0.05) is 30.3 Å². The Kier molecular flexibility index (Phi) is 3.96. The fourth-order valence-electron chi connectivity index (χ4n) is 1.50. The van der Waals surface area contributed by atoms with Crippen molar-refractivity contribution >= 4 is 21.6 Å². The highest BCUT2D eigenvalue weighted by atomic mass is 79.9. The van der Waals surface area contributed by atoms with Crippen molar-refractivity contribution < 1.29 is 0 Å². The largest absolute Gasteiger partial charge is 0.377 e. The lowest BCUT2D eigenvalue weighted by Gasteiger charge is -2.18. The third-order valence-corrected chi connectivity index (χ3v) is 2.56. The molecule has 0 aliphatic rings. The van der Waals surface area contributed by atoms with E-state index < -0.39 is 0 Å². The standard InChI is InChI=1S/C11H17BrN2/c1-8(13)6-9-7-10(12)4-5-11(9)14(2)3/h4-5,7-8H,6,13H2,1-3H3. The van der Waals surface area contributed by atoms with Crippen LogP contribution < -0.4 is 10.6 Å². The molecular formula is C11H17BrN2. The Bertz CT molecular complexity index is 308. The van der Waals surface area contributed by atoms with Crippen LogP contribution in [-0.2, 0) is 6.42 Å². The highest BCUT2D eigenvalue weighted by Crippen LogP contribution is 2.24. The van der Waals surface area contributed by atoms with Gasteiger partial charge in [-0.2, -0.15) is 0 Å². The molecule has 0 saturated carbocycles. The van der Waals surface area contributed by atoms with Crippen molar-refractivity contribution in [3.05, 3.63) is 28.2 Å². The maximum absolute atomic E-state index is 5.81. The molecule has 1 aromatic rings. The summed E-state index contributed by atoms with van der Waals surface area (Å²) in [7, 11) is 4.10. The first-order valence-electron chi connectivity index (χ1n) is 4.72. The van der Waals surface area contributed by atoms with Crippen LogP contribution in [0.5, 0.6) is 0 Å². The van der Waals surface area contributed by atoms with Gasteiger partial charge in [0.15, 0.2) is 0 Å². The van der Waals surface area contributed by atoms with Crippen LogP contribution in [0.15, 0.2) is 22.7 Å². The van der Waals surface area contributed by atoms with E-state index in [0.717, 1.165) is 10.9 Å². The molecule has 1 aromatic carbocycles. The van der Waals surface area contributed by atoms with E-state index in [1.165, 1.54) is 11.3 Å². The maximum Gasteiger partial charge on any atom is 0.0394 e. The molecule has 0 bridgehead atoms. The molecule has 0 amide bonds. The smallest absolute Gasteiger partial charge is 0.0394 e. The van der Waals surface area contributed by atoms with Gasteiger partial charge < -0.3 is 10.6 Å². The van der Waals surface area contributed by atoms with Crippen LogP contribution in [0.1, 0.15) is 12.5 Å². The number of hydrogen-bond acceptors (Lipinski definition) is 2. The number of nitrogens with two attached hydrogens (primary N) is 1. The van der Waals surface area contributed by atoms with E-state index >= 15 is 0 Å². The minimum absolute atomic E-state index is 0.197. The van der Waals surface area contributed by atoms with E-state index in [4.69, 9.17) is 5.73 Å². The molecular weight excluding hydrogens is 240 g/mol. The lowest BCUT2D eigenvalue weighted by atomic mass is 10.1. The molecule has 0 aliphatic heterocycles. The van der Waals surface area contributed by atoms with Crippen LogP contribution in [0.25, 0.3) is 0 Å². The van der Waals surface area contributed by atoms with Crippen LogP contribution in [0.4, 0.5) is 5.69 Å². The summed E-state index contributed by atoms with van der Waals surface area (Å²) in [5, 5.41) is 0. The average Bonchev–Trinajstić information content (AvgIpc) is 2.01. The number of nitrogens with zero attached hydrogens (tertiary/aromatic N) is 1. The molecule has 2 nitrogen and oxygen atoms in total. The van der Waals surface area contributed by atoms with Gasteiger partial charge in [0.1, 0.15) is 0 Å². The van der Waals surface area contributed by atoms with Gasteiger partial charge in [0.2, 0.25) is 0 Å². The van der Waals surface area contributed by atoms with E-state index in [-0.39, 0.29) is 6.04 Å². The number of rotatable bonds is 3. The molecule has 2 N–H and O–H groups in total. The van der Waals surface area contributed by atoms with E-state index in [1.54, 1.807) is 0 Å². The molecule has 78 valence electrons. The number of halogens is 1. The Morgan fingerprint density at radius 1 is 1.43 bits per heavy atom. The average molecular weight is 257 g/mol. The van der Waals surface area contributed by atoms with Crippen molar-refractivity contribution in [3.8, 4) is 0 Å². The lowest BCUT2D eigenvalue weighted by Crippen LogP contribution is -2.20. The first-order valence-corrected chi connectivity index (χ1v) is 5.51. The van der Waals surface area contributed by atoms with Crippen LogP contribution in [0.2, 0.25) is 0 Å². The van der Waals surface area contributed by atoms with E-state index in [0.29, 0.717) is 0 Å². The molecule has 0 spiro atoms. The van der Waals surface area contributed by atoms with Gasteiger partial charge in [-0.1, -0.05) is 15.9 Å². The van der Waals surface area contributed by atoms with Crippen LogP contribution in [0, 0.1) is 0 Å². The van der Waals surface area contributed by atoms with Crippen LogP contribution in [-0.4, -0.2) is 20.1 Å². The molecule has 0 radical (unpaired) electrons. The summed E-state index contributed by atoms with van der Waals surface area (Å²) in [4.78, 5) is 2.12. The fraction of sp³-hybridized carbons (Fsp3) is 0.455. The van der Waals surface area contributed by atoms with Crippen molar-refractivity contribution in [1.82, 2.24) is 0 Å². The summed E-state index contributed by atoms with van der Waals surface area (Å²) < 4.78 is 1.11. The van der Waals surface area contributed by atoms with E-state index in [1.807, 2.05) is 21.0 Å². The van der Waals surface area contributed by atoms with Gasteiger partial charge >= 0.3 is 0 Å². The molecule has 14 heavy (non-hydrogen) atoms. The number of hydrogen-bond donors (Lipinski definition) is 1. The third-order valence-electron chi connectivity index (χ3n) is 2.07. The Hall–Kier alpha value is -0.540. The molecule has 0 fully saturated rings. The van der Waals surface area contributed by atoms with Gasteiger partial charge in [-0.25, -0.2) is 0 Å². The molecule has 1 unspecified atom stereocenters. The van der Waals surface area contributed by atoms with E-state index in [9.17, 15) is 0 Å². The van der Waals surface area contributed by atoms with Gasteiger partial charge in [-0.3, -0.25) is 0 Å². The molecule has 0 aliphatic carbocycles. The Morgan fingerprint density at radius 2 is 2.07 bits per heavy atom. The van der Waals surface area contributed by atoms with Gasteiger partial charge in [0.05, 0.1) is 0 Å². The second-order valence-electron chi connectivity index (χ2n) is 3.85. The highest BCUT2D eigenvalue weighted by Gasteiger charge is 2.06. The summed E-state index contributed by atoms with van der Waals surface area (Å²) in [6.45, 7) is 2.03. The monoisotopic (exact) mass is 256 g/mol. The predicted molar refractivity (Wildman–Crippen MR) is 65.8 cm³/mol. The first kappa shape index (κ1) is 11.5. The summed E-state index contributed by atoms with van der Waals surface area (Å²) >= 11 is 3.48. The minimum atomic E-state index is 0.197. The predicted octanol–water partition coefficient (Wildman–Crippen LogP) is 2.40. The maximum atomic E-state index is 5.81. The number of benzene rings is 1. The van der Waals surface area contributed by atoms with Crippen molar-refractivity contribution in [2.24, 2.45) is 5.73 Å². The Morgan fingerprint density at radius 3 is 2.57 bits per heavy atom. The SMILES string of the molecule is CC(N)Cc1cc(Br)ccc1N(C)C. The Labute approximate surface area is 94.2 Å². The second-order valence-corrected chi connectivity index (χ2v) is 4.76.